The zero-order chi connectivity index (χ0) is 15.7. The van der Waals surface area contributed by atoms with Crippen molar-refractivity contribution in [2.24, 2.45) is 0 Å². The summed E-state index contributed by atoms with van der Waals surface area (Å²) in [6.07, 6.45) is -2.75. The molecule has 0 aliphatic carbocycles. The maximum Gasteiger partial charge on any atom is 0.416 e. The summed E-state index contributed by atoms with van der Waals surface area (Å²) in [5, 5.41) is 0. The van der Waals surface area contributed by atoms with Crippen molar-refractivity contribution in [1.82, 2.24) is 9.55 Å². The molecule has 0 radical (unpaired) electrons. The van der Waals surface area contributed by atoms with Crippen LogP contribution in [-0.4, -0.2) is 29.9 Å². The number of ether oxygens (including phenoxy) is 2. The molecule has 1 saturated heterocycles. The normalized spacial score (nSPS) is 19.2. The van der Waals surface area contributed by atoms with Crippen molar-refractivity contribution >= 4 is 11.0 Å². The van der Waals surface area contributed by atoms with Crippen molar-refractivity contribution in [3.63, 3.8) is 0 Å². The zero-order valence-corrected chi connectivity index (χ0v) is 12.2. The first-order valence-electron chi connectivity index (χ1n) is 7.18. The van der Waals surface area contributed by atoms with E-state index in [0.717, 1.165) is 25.0 Å². The van der Waals surface area contributed by atoms with Crippen molar-refractivity contribution < 1.29 is 22.6 Å². The molecule has 1 atom stereocenters. The first-order valence-corrected chi connectivity index (χ1v) is 7.18. The molecule has 4 nitrogen and oxygen atoms in total. The molecule has 1 aromatic heterocycles. The molecular weight excluding hydrogens is 297 g/mol. The summed E-state index contributed by atoms with van der Waals surface area (Å²) >= 11 is 0. The molecule has 0 spiro atoms. The van der Waals surface area contributed by atoms with Crippen molar-refractivity contribution in [1.29, 1.82) is 0 Å². The molecule has 1 unspecified atom stereocenters. The van der Waals surface area contributed by atoms with Crippen LogP contribution in [0.25, 0.3) is 11.0 Å². The molecular formula is C15H17F3N2O2. The maximum absolute atomic E-state index is 12.8. The van der Waals surface area contributed by atoms with Gasteiger partial charge in [-0.3, -0.25) is 0 Å². The topological polar surface area (TPSA) is 36.3 Å². The van der Waals surface area contributed by atoms with E-state index in [0.29, 0.717) is 36.6 Å². The van der Waals surface area contributed by atoms with E-state index in [1.807, 2.05) is 4.57 Å². The number of nitrogens with zero attached hydrogens (tertiary/aromatic N) is 2. The summed E-state index contributed by atoms with van der Waals surface area (Å²) in [5.74, 6) is 0.684. The number of alkyl halides is 3. The number of hydrogen-bond acceptors (Lipinski definition) is 3. The second kappa shape index (κ2) is 5.89. The number of aromatic nitrogens is 2. The summed E-state index contributed by atoms with van der Waals surface area (Å²) in [6.45, 7) is 1.66. The summed E-state index contributed by atoms with van der Waals surface area (Å²) in [6, 6.07) is 3.66. The van der Waals surface area contributed by atoms with E-state index in [-0.39, 0.29) is 6.10 Å². The van der Waals surface area contributed by atoms with Gasteiger partial charge in [-0.2, -0.15) is 13.2 Å². The molecule has 2 heterocycles. The Morgan fingerprint density at radius 1 is 1.41 bits per heavy atom. The van der Waals surface area contributed by atoms with E-state index in [9.17, 15) is 13.2 Å². The lowest BCUT2D eigenvalue weighted by molar-refractivity contribution is -0.137. The monoisotopic (exact) mass is 314 g/mol. The Kier molecular flexibility index (Phi) is 4.10. The lowest BCUT2D eigenvalue weighted by Gasteiger charge is -2.13. The highest BCUT2D eigenvalue weighted by Crippen LogP contribution is 2.34. The Morgan fingerprint density at radius 2 is 2.23 bits per heavy atom. The van der Waals surface area contributed by atoms with Crippen LogP contribution in [0, 0.1) is 0 Å². The Bertz CT molecular complexity index is 661. The van der Waals surface area contributed by atoms with Gasteiger partial charge in [0.25, 0.3) is 0 Å². The third-order valence-electron chi connectivity index (χ3n) is 3.84. The van der Waals surface area contributed by atoms with Gasteiger partial charge in [0.15, 0.2) is 0 Å². The fourth-order valence-electron chi connectivity index (χ4n) is 2.77. The Hall–Kier alpha value is -1.60. The lowest BCUT2D eigenvalue weighted by atomic mass is 10.2. The first kappa shape index (κ1) is 15.3. The highest BCUT2D eigenvalue weighted by molar-refractivity contribution is 5.77. The predicted molar refractivity (Wildman–Crippen MR) is 74.5 cm³/mol. The third-order valence-corrected chi connectivity index (χ3v) is 3.84. The second-order valence-electron chi connectivity index (χ2n) is 5.32. The van der Waals surface area contributed by atoms with Crippen molar-refractivity contribution in [3.8, 4) is 0 Å². The van der Waals surface area contributed by atoms with Crippen molar-refractivity contribution in [3.05, 3.63) is 29.6 Å². The smallest absolute Gasteiger partial charge is 0.383 e. The average molecular weight is 314 g/mol. The Labute approximate surface area is 125 Å². The van der Waals surface area contributed by atoms with Gasteiger partial charge in [0.2, 0.25) is 0 Å². The van der Waals surface area contributed by atoms with Crippen LogP contribution in [0.5, 0.6) is 0 Å². The molecule has 0 saturated carbocycles. The number of methoxy groups -OCH3 is 1. The lowest BCUT2D eigenvalue weighted by Crippen LogP contribution is -2.11. The zero-order valence-electron chi connectivity index (χ0n) is 12.2. The standard InChI is InChI=1S/C15H17F3N2O2/c1-21-8-6-20-12-5-4-10(15(16,17)18)9-11(12)19-14(20)13-3-2-7-22-13/h4-5,9,13H,2-3,6-8H2,1H3. The van der Waals surface area contributed by atoms with Gasteiger partial charge in [0.05, 0.1) is 23.2 Å². The summed E-state index contributed by atoms with van der Waals surface area (Å²) in [5.41, 5.74) is 0.335. The van der Waals surface area contributed by atoms with E-state index in [1.54, 1.807) is 7.11 Å². The molecule has 22 heavy (non-hydrogen) atoms. The van der Waals surface area contributed by atoms with Crippen molar-refractivity contribution in [2.75, 3.05) is 20.3 Å². The van der Waals surface area contributed by atoms with Crippen LogP contribution >= 0.6 is 0 Å². The molecule has 1 aliphatic heterocycles. The van der Waals surface area contributed by atoms with Gasteiger partial charge in [0, 0.05) is 20.3 Å². The average Bonchev–Trinajstić information content (AvgIpc) is 3.10. The predicted octanol–water partition coefficient (Wildman–Crippen LogP) is 3.55. The SMILES string of the molecule is COCCn1c(C2CCCO2)nc2cc(C(F)(F)F)ccc21. The summed E-state index contributed by atoms with van der Waals surface area (Å²) in [4.78, 5) is 4.40. The molecule has 1 aromatic carbocycles. The summed E-state index contributed by atoms with van der Waals surface area (Å²) < 4.78 is 51.2. The number of fused-ring (bicyclic) bond motifs is 1. The van der Waals surface area contributed by atoms with Gasteiger partial charge >= 0.3 is 6.18 Å². The molecule has 1 aliphatic rings. The largest absolute Gasteiger partial charge is 0.416 e. The first-order chi connectivity index (χ1) is 10.5. The van der Waals surface area contributed by atoms with E-state index in [2.05, 4.69) is 4.98 Å². The van der Waals surface area contributed by atoms with Crippen LogP contribution in [0.4, 0.5) is 13.2 Å². The minimum atomic E-state index is -4.37. The minimum absolute atomic E-state index is 0.154. The Balaban J connectivity index is 2.07. The fraction of sp³-hybridized carbons (Fsp3) is 0.533. The van der Waals surface area contributed by atoms with Gasteiger partial charge in [-0.25, -0.2) is 4.98 Å². The molecule has 2 aromatic rings. The molecule has 0 bridgehead atoms. The number of halogens is 3. The van der Waals surface area contributed by atoms with E-state index >= 15 is 0 Å². The van der Waals surface area contributed by atoms with Crippen LogP contribution in [0.1, 0.15) is 30.3 Å². The van der Waals surface area contributed by atoms with Gasteiger partial charge in [-0.15, -0.1) is 0 Å². The van der Waals surface area contributed by atoms with Gasteiger partial charge in [-0.1, -0.05) is 0 Å². The van der Waals surface area contributed by atoms with E-state index < -0.39 is 11.7 Å². The van der Waals surface area contributed by atoms with Crippen LogP contribution < -0.4 is 0 Å². The van der Waals surface area contributed by atoms with E-state index in [1.165, 1.54) is 6.07 Å². The second-order valence-corrected chi connectivity index (χ2v) is 5.32. The Morgan fingerprint density at radius 3 is 2.86 bits per heavy atom. The van der Waals surface area contributed by atoms with Crippen LogP contribution in [0.3, 0.4) is 0 Å². The van der Waals surface area contributed by atoms with E-state index in [4.69, 9.17) is 9.47 Å². The molecule has 0 amide bonds. The molecule has 0 N–H and O–H groups in total. The van der Waals surface area contributed by atoms with Crippen LogP contribution in [0.15, 0.2) is 18.2 Å². The van der Waals surface area contributed by atoms with Crippen LogP contribution in [-0.2, 0) is 22.2 Å². The quantitative estimate of drug-likeness (QED) is 0.866. The number of rotatable bonds is 4. The summed E-state index contributed by atoms with van der Waals surface area (Å²) in [7, 11) is 1.59. The highest BCUT2D eigenvalue weighted by atomic mass is 19.4. The van der Waals surface area contributed by atoms with Crippen LogP contribution in [0.2, 0.25) is 0 Å². The minimum Gasteiger partial charge on any atom is -0.383 e. The number of benzene rings is 1. The molecule has 120 valence electrons. The maximum atomic E-state index is 12.8. The van der Waals surface area contributed by atoms with Gasteiger partial charge in [0.1, 0.15) is 11.9 Å². The number of imidazole rings is 1. The molecule has 1 fully saturated rings. The molecule has 3 rings (SSSR count). The van der Waals surface area contributed by atoms with Gasteiger partial charge in [-0.05, 0) is 31.0 Å². The highest BCUT2D eigenvalue weighted by Gasteiger charge is 2.32. The molecule has 7 heteroatoms. The van der Waals surface area contributed by atoms with Crippen molar-refractivity contribution in [2.45, 2.75) is 31.7 Å². The third kappa shape index (κ3) is 2.83. The van der Waals surface area contributed by atoms with Gasteiger partial charge < -0.3 is 14.0 Å². The fourth-order valence-corrected chi connectivity index (χ4v) is 2.77. The number of hydrogen-bond donors (Lipinski definition) is 0.